The monoisotopic (exact) mass is 685 g/mol. The first kappa shape index (κ1) is 33.8. The molecule has 50 heavy (non-hydrogen) atoms. The number of hydrogen-bond acceptors (Lipinski definition) is 6. The van der Waals surface area contributed by atoms with E-state index < -0.39 is 40.0 Å². The summed E-state index contributed by atoms with van der Waals surface area (Å²) in [4.78, 5) is 18.2. The quantitative estimate of drug-likeness (QED) is 0.229. The van der Waals surface area contributed by atoms with E-state index in [1.807, 2.05) is 0 Å². The van der Waals surface area contributed by atoms with Crippen molar-refractivity contribution in [1.29, 1.82) is 0 Å². The van der Waals surface area contributed by atoms with Gasteiger partial charge in [0.2, 0.25) is 0 Å². The van der Waals surface area contributed by atoms with Crippen LogP contribution in [0.1, 0.15) is 129 Å². The second-order valence-electron chi connectivity index (χ2n) is 19.9. The van der Waals surface area contributed by atoms with Crippen molar-refractivity contribution < 1.29 is 29.2 Å². The minimum atomic E-state index is -1.07. The molecule has 1 spiro atoms. The van der Waals surface area contributed by atoms with Crippen LogP contribution < -0.4 is 0 Å². The number of ether oxygens (including phenoxy) is 3. The fourth-order valence-corrected chi connectivity index (χ4v) is 13.8. The number of fused-ring (bicyclic) bond motifs is 10. The lowest BCUT2D eigenvalue weighted by Crippen LogP contribution is -2.74. The molecular formula is C43H59NO6. The Kier molecular flexibility index (Phi) is 6.71. The summed E-state index contributed by atoms with van der Waals surface area (Å²) in [7, 11) is 0. The number of rotatable bonds is 4. The van der Waals surface area contributed by atoms with Crippen LogP contribution in [-0.4, -0.2) is 67.8 Å². The van der Waals surface area contributed by atoms with E-state index in [-0.39, 0.29) is 40.5 Å². The largest absolute Gasteiger partial charge is 0.390 e. The summed E-state index contributed by atoms with van der Waals surface area (Å²) >= 11 is 0. The fourth-order valence-electron chi connectivity index (χ4n) is 13.8. The van der Waals surface area contributed by atoms with Gasteiger partial charge in [0.1, 0.15) is 17.3 Å². The number of ketones is 1. The standard InChI is InChI=1S/C43H59NO6/c1-22(2)15-18-48-37(3,4)29-20-24-13-16-40(9)41(10)23(14-17-42(40,47)43(24)36(49-43)34(29)46)19-27-31-26-21-28-32(39(7,8)50-38(28,5)6)33(45)25(26)11-12-30(31)44-35(27)41/h11-12,15,23-24,28-29,32,34,36,44,46-47H,13-14,16-21H2,1-10H3/t23-,24+,28+,29-,32?,34+,36-,40+,41+,42-,43-/m0/s1. The predicted octanol–water partition coefficient (Wildman–Crippen LogP) is 7.38. The molecule has 1 unspecified atom stereocenters. The van der Waals surface area contributed by atoms with Crippen LogP contribution in [-0.2, 0) is 32.5 Å². The minimum Gasteiger partial charge on any atom is -0.390 e. The Labute approximate surface area is 297 Å². The second kappa shape index (κ2) is 9.93. The number of aromatic amines is 1. The molecule has 5 aliphatic carbocycles. The SMILES string of the molecule is CC(C)=CCOC(C)(C)[C@H]1C[C@H]2CC[C@@]3(C)[C@@](O)(CC[C@H]4Cc5c([nH]c6ccc7c(c56)C[C@@H]5C(C7=O)C(C)(C)OC5(C)C)[C@@]43C)[C@]23O[C@H]3[C@@H]1O. The molecule has 0 radical (unpaired) electrons. The predicted molar refractivity (Wildman–Crippen MR) is 193 cm³/mol. The Morgan fingerprint density at radius 3 is 2.46 bits per heavy atom. The highest BCUT2D eigenvalue weighted by Gasteiger charge is 2.85. The number of H-pyrrole nitrogens is 1. The third-order valence-electron chi connectivity index (χ3n) is 16.5. The Hall–Kier alpha value is -2.03. The Bertz CT molecular complexity index is 1850. The van der Waals surface area contributed by atoms with E-state index in [0.717, 1.165) is 49.6 Å². The summed E-state index contributed by atoms with van der Waals surface area (Å²) in [5, 5.41) is 26.5. The molecule has 7 nitrogen and oxygen atoms in total. The summed E-state index contributed by atoms with van der Waals surface area (Å²) in [6.45, 7) is 22.1. The van der Waals surface area contributed by atoms with Crippen molar-refractivity contribution in [2.24, 2.45) is 35.0 Å². The average molecular weight is 686 g/mol. The van der Waals surface area contributed by atoms with Crippen molar-refractivity contribution in [1.82, 2.24) is 4.98 Å². The molecule has 3 N–H and O–H groups in total. The van der Waals surface area contributed by atoms with Gasteiger partial charge in [0.25, 0.3) is 0 Å². The molecule has 0 amide bonds. The number of carbonyl (C=O) groups is 1. The molecule has 11 atom stereocenters. The maximum Gasteiger partial charge on any atom is 0.169 e. The first-order chi connectivity index (χ1) is 23.3. The van der Waals surface area contributed by atoms with Crippen LogP contribution in [0.4, 0.5) is 0 Å². The van der Waals surface area contributed by atoms with Gasteiger partial charge < -0.3 is 29.4 Å². The number of aromatic nitrogens is 1. The summed E-state index contributed by atoms with van der Waals surface area (Å²) in [5.74, 6) is 0.671. The van der Waals surface area contributed by atoms with E-state index in [1.54, 1.807) is 0 Å². The lowest BCUT2D eigenvalue weighted by Gasteiger charge is -2.66. The van der Waals surface area contributed by atoms with Gasteiger partial charge >= 0.3 is 0 Å². The fraction of sp³-hybridized carbons (Fsp3) is 0.744. The molecule has 2 aromatic rings. The third-order valence-corrected chi connectivity index (χ3v) is 16.5. The molecule has 2 saturated heterocycles. The van der Waals surface area contributed by atoms with Crippen molar-refractivity contribution in [3.8, 4) is 0 Å². The number of carbonyl (C=O) groups excluding carboxylic acids is 1. The van der Waals surface area contributed by atoms with Gasteiger partial charge in [0, 0.05) is 44.8 Å². The van der Waals surface area contributed by atoms with E-state index >= 15 is 0 Å². The molecule has 7 aliphatic rings. The van der Waals surface area contributed by atoms with E-state index in [1.165, 1.54) is 27.8 Å². The number of Topliss-reactive ketones (excluding diaryl/α,β-unsaturated/α-hetero) is 1. The van der Waals surface area contributed by atoms with Crippen LogP contribution in [0, 0.1) is 35.0 Å². The molecule has 3 saturated carbocycles. The molecule has 7 heteroatoms. The van der Waals surface area contributed by atoms with Gasteiger partial charge in [-0.25, -0.2) is 0 Å². The molecule has 2 aliphatic heterocycles. The van der Waals surface area contributed by atoms with Gasteiger partial charge in [-0.2, -0.15) is 0 Å². The molecule has 0 bridgehead atoms. The van der Waals surface area contributed by atoms with Crippen LogP contribution in [0.25, 0.3) is 10.9 Å². The van der Waals surface area contributed by atoms with Gasteiger partial charge in [0.15, 0.2) is 5.78 Å². The van der Waals surface area contributed by atoms with Gasteiger partial charge in [-0.1, -0.05) is 25.5 Å². The lowest BCUT2D eigenvalue weighted by atomic mass is 9.38. The highest BCUT2D eigenvalue weighted by molar-refractivity contribution is 6.06. The Morgan fingerprint density at radius 2 is 1.74 bits per heavy atom. The molecule has 1 aromatic carbocycles. The van der Waals surface area contributed by atoms with E-state index in [0.29, 0.717) is 18.9 Å². The molecule has 272 valence electrons. The zero-order valence-electron chi connectivity index (χ0n) is 32.0. The summed E-state index contributed by atoms with van der Waals surface area (Å²) in [6, 6.07) is 4.18. The van der Waals surface area contributed by atoms with Crippen LogP contribution in [0.5, 0.6) is 0 Å². The first-order valence-electron chi connectivity index (χ1n) is 19.5. The number of allylic oxidation sites excluding steroid dienone is 1. The van der Waals surface area contributed by atoms with Gasteiger partial charge in [-0.05, 0) is 135 Å². The van der Waals surface area contributed by atoms with Crippen LogP contribution in [0.15, 0.2) is 23.8 Å². The van der Waals surface area contributed by atoms with Gasteiger partial charge in [-0.3, -0.25) is 4.79 Å². The first-order valence-corrected chi connectivity index (χ1v) is 19.5. The molecule has 5 fully saturated rings. The zero-order valence-corrected chi connectivity index (χ0v) is 32.0. The Morgan fingerprint density at radius 1 is 1.02 bits per heavy atom. The molecule has 3 heterocycles. The van der Waals surface area contributed by atoms with Crippen LogP contribution in [0.2, 0.25) is 0 Å². The number of epoxide rings is 1. The minimum absolute atomic E-state index is 0.0698. The van der Waals surface area contributed by atoms with Crippen LogP contribution in [0.3, 0.4) is 0 Å². The molecular weight excluding hydrogens is 626 g/mol. The smallest absolute Gasteiger partial charge is 0.169 e. The highest BCUT2D eigenvalue weighted by Crippen LogP contribution is 2.77. The highest BCUT2D eigenvalue weighted by atomic mass is 16.6. The Balaban J connectivity index is 1.09. The van der Waals surface area contributed by atoms with Crippen molar-refractivity contribution in [3.05, 3.63) is 46.2 Å². The maximum atomic E-state index is 14.3. The average Bonchev–Trinajstić information content (AvgIpc) is 3.52. The second-order valence-corrected chi connectivity index (χ2v) is 19.9. The summed E-state index contributed by atoms with van der Waals surface area (Å²) in [6.07, 6.45) is 7.02. The van der Waals surface area contributed by atoms with E-state index in [4.69, 9.17) is 14.2 Å². The van der Waals surface area contributed by atoms with E-state index in [2.05, 4.69) is 92.4 Å². The van der Waals surface area contributed by atoms with Gasteiger partial charge in [-0.15, -0.1) is 0 Å². The number of aliphatic hydroxyl groups is 2. The topological polar surface area (TPSA) is 104 Å². The van der Waals surface area contributed by atoms with Gasteiger partial charge in [0.05, 0.1) is 35.4 Å². The summed E-state index contributed by atoms with van der Waals surface area (Å²) < 4.78 is 19.7. The zero-order chi connectivity index (χ0) is 35.8. The van der Waals surface area contributed by atoms with E-state index in [9.17, 15) is 15.0 Å². The number of aliphatic hydroxyl groups excluding tert-OH is 1. The molecule has 1 aromatic heterocycles. The number of hydrogen-bond donors (Lipinski definition) is 3. The van der Waals surface area contributed by atoms with Crippen molar-refractivity contribution in [2.75, 3.05) is 6.61 Å². The number of nitrogens with one attached hydrogen (secondary N) is 1. The van der Waals surface area contributed by atoms with Crippen LogP contribution >= 0.6 is 0 Å². The maximum absolute atomic E-state index is 14.3. The molecule has 9 rings (SSSR count). The van der Waals surface area contributed by atoms with Crippen molar-refractivity contribution in [3.63, 3.8) is 0 Å². The normalized spacial score (nSPS) is 44.7. The third kappa shape index (κ3) is 3.82. The van der Waals surface area contributed by atoms with Crippen molar-refractivity contribution in [2.45, 2.75) is 160 Å². The summed E-state index contributed by atoms with van der Waals surface area (Å²) in [5.41, 5.74) is 2.98. The van der Waals surface area contributed by atoms with Crippen molar-refractivity contribution >= 4 is 16.7 Å². The lowest BCUT2D eigenvalue weighted by molar-refractivity contribution is -0.243. The number of benzene rings is 1.